The van der Waals surface area contributed by atoms with Crippen LogP contribution in [-0.4, -0.2) is 44.9 Å². The van der Waals surface area contributed by atoms with E-state index in [0.717, 1.165) is 5.56 Å². The Hall–Kier alpha value is -2.70. The molecule has 138 valence electrons. The van der Waals surface area contributed by atoms with Crippen molar-refractivity contribution in [3.8, 4) is 11.5 Å². The molecule has 0 bridgehead atoms. The molecule has 0 unspecified atom stereocenters. The number of carbonyl (C=O) groups excluding carboxylic acids is 2. The Bertz CT molecular complexity index is 620. The lowest BCUT2D eigenvalue weighted by Crippen LogP contribution is -2.37. The van der Waals surface area contributed by atoms with Crippen molar-refractivity contribution >= 4 is 18.1 Å². The molecule has 2 N–H and O–H groups in total. The second-order valence-electron chi connectivity index (χ2n) is 6.17. The van der Waals surface area contributed by atoms with E-state index in [0.29, 0.717) is 18.0 Å². The Labute approximate surface area is 148 Å². The van der Waals surface area contributed by atoms with Gasteiger partial charge in [-0.15, -0.1) is 0 Å². The molecule has 2 amide bonds. The number of nitrogens with one attached hydrogen (secondary N) is 2. The number of benzene rings is 1. The van der Waals surface area contributed by atoms with E-state index in [9.17, 15) is 9.59 Å². The van der Waals surface area contributed by atoms with E-state index in [2.05, 4.69) is 10.6 Å². The summed E-state index contributed by atoms with van der Waals surface area (Å²) in [5, 5.41) is 5.24. The first-order chi connectivity index (χ1) is 11.7. The fraction of sp³-hybridized carbons (Fsp3) is 0.444. The standard InChI is InChI=1S/C18H26N2O5/c1-18(2,3)25-17(22)20-11-10-19-16(21)9-7-13-6-8-14(23-4)15(12-13)24-5/h6-9,12H,10-11H2,1-5H3,(H,19,21)(H,20,22). The number of alkyl carbamates (subject to hydrolysis) is 1. The number of methoxy groups -OCH3 is 2. The van der Waals surface area contributed by atoms with Crippen LogP contribution >= 0.6 is 0 Å². The first-order valence-electron chi connectivity index (χ1n) is 7.90. The molecular weight excluding hydrogens is 324 g/mol. The molecule has 1 aromatic carbocycles. The SMILES string of the molecule is COc1ccc(C=CC(=O)NCCNC(=O)OC(C)(C)C)cc1OC. The third kappa shape index (κ3) is 8.10. The van der Waals surface area contributed by atoms with Crippen molar-refractivity contribution in [3.05, 3.63) is 29.8 Å². The zero-order valence-corrected chi connectivity index (χ0v) is 15.3. The number of hydrogen-bond donors (Lipinski definition) is 2. The van der Waals surface area contributed by atoms with Gasteiger partial charge in [0.1, 0.15) is 5.60 Å². The highest BCUT2D eigenvalue weighted by atomic mass is 16.6. The molecule has 0 saturated carbocycles. The fourth-order valence-corrected chi connectivity index (χ4v) is 1.85. The minimum absolute atomic E-state index is 0.263. The van der Waals surface area contributed by atoms with E-state index in [-0.39, 0.29) is 12.5 Å². The minimum atomic E-state index is -0.546. The van der Waals surface area contributed by atoms with Gasteiger partial charge >= 0.3 is 6.09 Å². The van der Waals surface area contributed by atoms with Gasteiger partial charge in [0.25, 0.3) is 0 Å². The van der Waals surface area contributed by atoms with Crippen LogP contribution in [0.4, 0.5) is 4.79 Å². The Balaban J connectivity index is 2.39. The molecule has 0 aliphatic heterocycles. The zero-order chi connectivity index (χ0) is 18.9. The van der Waals surface area contributed by atoms with E-state index in [1.165, 1.54) is 6.08 Å². The lowest BCUT2D eigenvalue weighted by Gasteiger charge is -2.19. The van der Waals surface area contributed by atoms with Crippen LogP contribution < -0.4 is 20.1 Å². The van der Waals surface area contributed by atoms with Crippen molar-refractivity contribution in [1.29, 1.82) is 0 Å². The van der Waals surface area contributed by atoms with Gasteiger partial charge in [-0.05, 0) is 44.5 Å². The molecule has 1 aromatic rings. The molecular formula is C18H26N2O5. The van der Waals surface area contributed by atoms with Crippen molar-refractivity contribution in [2.75, 3.05) is 27.3 Å². The van der Waals surface area contributed by atoms with Crippen LogP contribution in [0, 0.1) is 0 Å². The Morgan fingerprint density at radius 3 is 2.28 bits per heavy atom. The van der Waals surface area contributed by atoms with Crippen molar-refractivity contribution < 1.29 is 23.8 Å². The first-order valence-corrected chi connectivity index (χ1v) is 7.90. The summed E-state index contributed by atoms with van der Waals surface area (Å²) in [5.74, 6) is 0.949. The summed E-state index contributed by atoms with van der Waals surface area (Å²) in [5.41, 5.74) is 0.259. The van der Waals surface area contributed by atoms with E-state index in [1.807, 2.05) is 6.07 Å². The quantitative estimate of drug-likeness (QED) is 0.582. The smallest absolute Gasteiger partial charge is 0.407 e. The van der Waals surface area contributed by atoms with Crippen molar-refractivity contribution in [2.24, 2.45) is 0 Å². The Kier molecular flexibility index (Phi) is 7.78. The molecule has 25 heavy (non-hydrogen) atoms. The molecule has 0 atom stereocenters. The summed E-state index contributed by atoms with van der Waals surface area (Å²) in [4.78, 5) is 23.2. The molecule has 0 radical (unpaired) electrons. The zero-order valence-electron chi connectivity index (χ0n) is 15.3. The first kappa shape index (κ1) is 20.3. The summed E-state index contributed by atoms with van der Waals surface area (Å²) in [6.07, 6.45) is 2.57. The second kappa shape index (κ2) is 9.56. The number of rotatable bonds is 7. The average Bonchev–Trinajstić information content (AvgIpc) is 2.55. The van der Waals surface area contributed by atoms with Crippen LogP contribution in [0.1, 0.15) is 26.3 Å². The van der Waals surface area contributed by atoms with E-state index in [1.54, 1.807) is 53.2 Å². The van der Waals surface area contributed by atoms with Gasteiger partial charge in [-0.3, -0.25) is 4.79 Å². The number of hydrogen-bond acceptors (Lipinski definition) is 5. The van der Waals surface area contributed by atoms with Crippen LogP contribution in [-0.2, 0) is 9.53 Å². The van der Waals surface area contributed by atoms with Crippen LogP contribution in [0.3, 0.4) is 0 Å². The lowest BCUT2D eigenvalue weighted by molar-refractivity contribution is -0.116. The summed E-state index contributed by atoms with van der Waals surface area (Å²) in [6, 6.07) is 5.35. The van der Waals surface area contributed by atoms with Crippen molar-refractivity contribution in [2.45, 2.75) is 26.4 Å². The highest BCUT2D eigenvalue weighted by Gasteiger charge is 2.15. The van der Waals surface area contributed by atoms with Gasteiger partial charge in [0.15, 0.2) is 11.5 Å². The molecule has 0 heterocycles. The minimum Gasteiger partial charge on any atom is -0.493 e. The largest absolute Gasteiger partial charge is 0.493 e. The molecule has 0 aliphatic carbocycles. The topological polar surface area (TPSA) is 85.9 Å². The van der Waals surface area contributed by atoms with Crippen LogP contribution in [0.5, 0.6) is 11.5 Å². The lowest BCUT2D eigenvalue weighted by atomic mass is 10.2. The maximum Gasteiger partial charge on any atom is 0.407 e. The second-order valence-corrected chi connectivity index (χ2v) is 6.17. The van der Waals surface area contributed by atoms with Gasteiger partial charge in [0.2, 0.25) is 5.91 Å². The van der Waals surface area contributed by atoms with E-state index in [4.69, 9.17) is 14.2 Å². The van der Waals surface area contributed by atoms with Gasteiger partial charge in [-0.1, -0.05) is 6.07 Å². The summed E-state index contributed by atoms with van der Waals surface area (Å²) >= 11 is 0. The molecule has 0 aliphatic rings. The number of ether oxygens (including phenoxy) is 3. The average molecular weight is 350 g/mol. The predicted octanol–water partition coefficient (Wildman–Crippen LogP) is 2.36. The molecule has 1 rings (SSSR count). The molecule has 7 heteroatoms. The van der Waals surface area contributed by atoms with Gasteiger partial charge in [-0.25, -0.2) is 4.79 Å². The van der Waals surface area contributed by atoms with Gasteiger partial charge in [-0.2, -0.15) is 0 Å². The van der Waals surface area contributed by atoms with Crippen LogP contribution in [0.25, 0.3) is 6.08 Å². The number of carbonyl (C=O) groups is 2. The molecule has 0 fully saturated rings. The van der Waals surface area contributed by atoms with Gasteiger partial charge < -0.3 is 24.8 Å². The molecule has 7 nitrogen and oxygen atoms in total. The van der Waals surface area contributed by atoms with E-state index >= 15 is 0 Å². The highest BCUT2D eigenvalue weighted by molar-refractivity contribution is 5.91. The van der Waals surface area contributed by atoms with Crippen molar-refractivity contribution in [3.63, 3.8) is 0 Å². The number of amides is 2. The van der Waals surface area contributed by atoms with Gasteiger partial charge in [0.05, 0.1) is 14.2 Å². The van der Waals surface area contributed by atoms with Gasteiger partial charge in [0, 0.05) is 19.2 Å². The fourth-order valence-electron chi connectivity index (χ4n) is 1.85. The molecule has 0 aromatic heterocycles. The normalized spacial score (nSPS) is 11.1. The third-order valence-electron chi connectivity index (χ3n) is 2.93. The van der Waals surface area contributed by atoms with Crippen LogP contribution in [0.15, 0.2) is 24.3 Å². The highest BCUT2D eigenvalue weighted by Crippen LogP contribution is 2.27. The third-order valence-corrected chi connectivity index (χ3v) is 2.93. The predicted molar refractivity (Wildman–Crippen MR) is 95.8 cm³/mol. The molecule has 0 spiro atoms. The maximum atomic E-state index is 11.8. The van der Waals surface area contributed by atoms with E-state index < -0.39 is 11.7 Å². The van der Waals surface area contributed by atoms with Crippen molar-refractivity contribution in [1.82, 2.24) is 10.6 Å². The monoisotopic (exact) mass is 350 g/mol. The summed E-state index contributed by atoms with van der Waals surface area (Å²) < 4.78 is 15.5. The van der Waals surface area contributed by atoms with Crippen LogP contribution in [0.2, 0.25) is 0 Å². The summed E-state index contributed by atoms with van der Waals surface area (Å²) in [6.45, 7) is 5.94. The molecule has 0 saturated heterocycles. The Morgan fingerprint density at radius 2 is 1.68 bits per heavy atom. The Morgan fingerprint density at radius 1 is 1.04 bits per heavy atom. The maximum absolute atomic E-state index is 11.8. The summed E-state index contributed by atoms with van der Waals surface area (Å²) in [7, 11) is 3.11.